The summed E-state index contributed by atoms with van der Waals surface area (Å²) in [5.41, 5.74) is 2.32. The van der Waals surface area contributed by atoms with Gasteiger partial charge in [-0.2, -0.15) is 0 Å². The number of benzene rings is 1. The molecule has 0 saturated carbocycles. The fourth-order valence-electron chi connectivity index (χ4n) is 2.11. The van der Waals surface area contributed by atoms with Gasteiger partial charge < -0.3 is 5.32 Å². The molecule has 0 fully saturated rings. The lowest BCUT2D eigenvalue weighted by Gasteiger charge is -2.14. The van der Waals surface area contributed by atoms with E-state index in [1.54, 1.807) is 12.1 Å². The van der Waals surface area contributed by atoms with Crippen molar-refractivity contribution in [2.75, 3.05) is 0 Å². The highest BCUT2D eigenvalue weighted by atomic mass is 32.1. The lowest BCUT2D eigenvalue weighted by molar-refractivity contribution is 0.568. The molecule has 0 saturated heterocycles. The van der Waals surface area contributed by atoms with Crippen LogP contribution in [0.2, 0.25) is 0 Å². The zero-order chi connectivity index (χ0) is 13.1. The Kier molecular flexibility index (Phi) is 4.15. The van der Waals surface area contributed by atoms with Gasteiger partial charge in [0.2, 0.25) is 0 Å². The van der Waals surface area contributed by atoms with Crippen LogP contribution in [0.1, 0.15) is 33.8 Å². The molecule has 3 heteroatoms. The predicted octanol–water partition coefficient (Wildman–Crippen LogP) is 4.35. The lowest BCUT2D eigenvalue weighted by atomic mass is 10.1. The van der Waals surface area contributed by atoms with Gasteiger partial charge in [0.05, 0.1) is 0 Å². The van der Waals surface area contributed by atoms with Crippen LogP contribution in [-0.2, 0) is 6.54 Å². The number of rotatable bonds is 4. The van der Waals surface area contributed by atoms with Gasteiger partial charge in [-0.1, -0.05) is 12.1 Å². The maximum atomic E-state index is 13.1. The molecule has 0 radical (unpaired) electrons. The first-order valence-electron chi connectivity index (χ1n) is 6.11. The van der Waals surface area contributed by atoms with Crippen molar-refractivity contribution in [3.8, 4) is 0 Å². The summed E-state index contributed by atoms with van der Waals surface area (Å²) < 4.78 is 13.1. The molecule has 1 aromatic heterocycles. The van der Waals surface area contributed by atoms with E-state index in [9.17, 15) is 4.39 Å². The average molecular weight is 263 g/mol. The Hall–Kier alpha value is -1.19. The number of hydrogen-bond donors (Lipinski definition) is 1. The molecule has 0 unspecified atom stereocenters. The molecule has 0 bridgehead atoms. The van der Waals surface area contributed by atoms with E-state index in [1.807, 2.05) is 17.4 Å². The largest absolute Gasteiger partial charge is 0.306 e. The maximum Gasteiger partial charge on any atom is 0.123 e. The van der Waals surface area contributed by atoms with Crippen molar-refractivity contribution in [1.29, 1.82) is 0 Å². The summed E-state index contributed by atoms with van der Waals surface area (Å²) in [5, 5.41) is 3.44. The summed E-state index contributed by atoms with van der Waals surface area (Å²) >= 11 is 1.82. The second-order valence-electron chi connectivity index (χ2n) is 4.60. The molecular weight excluding hydrogens is 245 g/mol. The minimum atomic E-state index is -0.176. The third kappa shape index (κ3) is 3.18. The first kappa shape index (κ1) is 13.2. The van der Waals surface area contributed by atoms with Gasteiger partial charge in [0.1, 0.15) is 5.82 Å². The minimum absolute atomic E-state index is 0.176. The van der Waals surface area contributed by atoms with Gasteiger partial charge in [-0.25, -0.2) is 4.39 Å². The molecule has 1 heterocycles. The van der Waals surface area contributed by atoms with Crippen molar-refractivity contribution < 1.29 is 4.39 Å². The Balaban J connectivity index is 2.00. The topological polar surface area (TPSA) is 12.0 Å². The molecule has 0 amide bonds. The normalized spacial score (nSPS) is 12.7. The zero-order valence-electron chi connectivity index (χ0n) is 11.0. The van der Waals surface area contributed by atoms with Crippen LogP contribution in [-0.4, -0.2) is 0 Å². The SMILES string of the molecule is Cc1cc([C@@H](C)NCc2cccc(F)c2)c(C)s1. The summed E-state index contributed by atoms with van der Waals surface area (Å²) in [4.78, 5) is 2.69. The van der Waals surface area contributed by atoms with E-state index in [1.165, 1.54) is 21.4 Å². The van der Waals surface area contributed by atoms with Crippen molar-refractivity contribution in [3.63, 3.8) is 0 Å². The zero-order valence-corrected chi connectivity index (χ0v) is 11.8. The second-order valence-corrected chi connectivity index (χ2v) is 6.06. The van der Waals surface area contributed by atoms with Gasteiger partial charge in [-0.05, 0) is 50.1 Å². The van der Waals surface area contributed by atoms with Crippen molar-refractivity contribution >= 4 is 11.3 Å². The summed E-state index contributed by atoms with van der Waals surface area (Å²) in [6.07, 6.45) is 0. The third-order valence-corrected chi connectivity index (χ3v) is 4.03. The molecule has 0 aliphatic heterocycles. The molecular formula is C15H18FNS. The maximum absolute atomic E-state index is 13.1. The summed E-state index contributed by atoms with van der Waals surface area (Å²) in [5.74, 6) is -0.176. The van der Waals surface area contributed by atoms with E-state index < -0.39 is 0 Å². The van der Waals surface area contributed by atoms with E-state index >= 15 is 0 Å². The molecule has 2 rings (SSSR count). The molecule has 1 atom stereocenters. The fourth-order valence-corrected chi connectivity index (χ4v) is 3.13. The molecule has 1 aromatic carbocycles. The van der Waals surface area contributed by atoms with Crippen LogP contribution in [0.25, 0.3) is 0 Å². The number of thiophene rings is 1. The summed E-state index contributed by atoms with van der Waals surface area (Å²) in [6.45, 7) is 7.11. The summed E-state index contributed by atoms with van der Waals surface area (Å²) in [7, 11) is 0. The van der Waals surface area contributed by atoms with E-state index in [-0.39, 0.29) is 5.82 Å². The van der Waals surface area contributed by atoms with Gasteiger partial charge in [0.15, 0.2) is 0 Å². The number of halogens is 1. The van der Waals surface area contributed by atoms with Crippen molar-refractivity contribution in [2.24, 2.45) is 0 Å². The first-order valence-corrected chi connectivity index (χ1v) is 6.92. The van der Waals surface area contributed by atoms with Crippen LogP contribution in [0.4, 0.5) is 4.39 Å². The van der Waals surface area contributed by atoms with Crippen molar-refractivity contribution in [2.45, 2.75) is 33.4 Å². The first-order chi connectivity index (χ1) is 8.56. The standard InChI is InChI=1S/C15H18FNS/c1-10-7-15(12(3)18-10)11(2)17-9-13-5-4-6-14(16)8-13/h4-8,11,17H,9H2,1-3H3/t11-/m1/s1. The number of hydrogen-bond acceptors (Lipinski definition) is 2. The Labute approximate surface area is 112 Å². The highest BCUT2D eigenvalue weighted by Crippen LogP contribution is 2.26. The van der Waals surface area contributed by atoms with E-state index in [0.717, 1.165) is 5.56 Å². The molecule has 0 aliphatic rings. The van der Waals surface area contributed by atoms with Crippen LogP contribution >= 0.6 is 11.3 Å². The monoisotopic (exact) mass is 263 g/mol. The van der Waals surface area contributed by atoms with Gasteiger partial charge in [-0.3, -0.25) is 0 Å². The van der Waals surface area contributed by atoms with Crippen LogP contribution in [0.5, 0.6) is 0 Å². The Morgan fingerprint density at radius 1 is 1.28 bits per heavy atom. The molecule has 2 aromatic rings. The summed E-state index contributed by atoms with van der Waals surface area (Å²) in [6, 6.07) is 9.25. The molecule has 18 heavy (non-hydrogen) atoms. The predicted molar refractivity (Wildman–Crippen MR) is 75.4 cm³/mol. The lowest BCUT2D eigenvalue weighted by Crippen LogP contribution is -2.18. The quantitative estimate of drug-likeness (QED) is 0.864. The van der Waals surface area contributed by atoms with Gasteiger partial charge >= 0.3 is 0 Å². The Morgan fingerprint density at radius 2 is 2.06 bits per heavy atom. The van der Waals surface area contributed by atoms with Gasteiger partial charge in [-0.15, -0.1) is 11.3 Å². The molecule has 96 valence electrons. The molecule has 0 spiro atoms. The highest BCUT2D eigenvalue weighted by Gasteiger charge is 2.10. The molecule has 1 nitrogen and oxygen atoms in total. The van der Waals surface area contributed by atoms with Gasteiger partial charge in [0.25, 0.3) is 0 Å². The molecule has 1 N–H and O–H groups in total. The number of aryl methyl sites for hydroxylation is 2. The smallest absolute Gasteiger partial charge is 0.123 e. The Morgan fingerprint density at radius 3 is 2.67 bits per heavy atom. The van der Waals surface area contributed by atoms with Crippen LogP contribution in [0.3, 0.4) is 0 Å². The van der Waals surface area contributed by atoms with E-state index in [2.05, 4.69) is 32.2 Å². The van der Waals surface area contributed by atoms with Crippen LogP contribution in [0.15, 0.2) is 30.3 Å². The molecule has 0 aliphatic carbocycles. The fraction of sp³-hybridized carbons (Fsp3) is 0.333. The van der Waals surface area contributed by atoms with Crippen LogP contribution in [0, 0.1) is 19.7 Å². The van der Waals surface area contributed by atoms with Crippen molar-refractivity contribution in [3.05, 3.63) is 57.0 Å². The third-order valence-electron chi connectivity index (χ3n) is 3.05. The Bertz CT molecular complexity index is 533. The number of nitrogens with one attached hydrogen (secondary N) is 1. The van der Waals surface area contributed by atoms with E-state index in [4.69, 9.17) is 0 Å². The highest BCUT2D eigenvalue weighted by molar-refractivity contribution is 7.12. The van der Waals surface area contributed by atoms with Crippen molar-refractivity contribution in [1.82, 2.24) is 5.32 Å². The van der Waals surface area contributed by atoms with Gasteiger partial charge in [0, 0.05) is 22.3 Å². The van der Waals surface area contributed by atoms with E-state index in [0.29, 0.717) is 12.6 Å². The average Bonchev–Trinajstić information content (AvgIpc) is 2.66. The van der Waals surface area contributed by atoms with Crippen LogP contribution < -0.4 is 5.32 Å². The second kappa shape index (κ2) is 5.63. The minimum Gasteiger partial charge on any atom is -0.306 e.